The number of sulfonamides is 1. The van der Waals surface area contributed by atoms with Crippen molar-refractivity contribution in [1.82, 2.24) is 9.21 Å². The first-order valence-corrected chi connectivity index (χ1v) is 11.1. The minimum Gasteiger partial charge on any atom is -0.341 e. The van der Waals surface area contributed by atoms with Gasteiger partial charge in [0.1, 0.15) is 0 Å². The maximum absolute atomic E-state index is 13.1. The molecule has 2 saturated heterocycles. The van der Waals surface area contributed by atoms with E-state index in [1.807, 2.05) is 23.1 Å². The van der Waals surface area contributed by atoms with Crippen LogP contribution in [0.3, 0.4) is 0 Å². The van der Waals surface area contributed by atoms with Gasteiger partial charge in [-0.15, -0.1) is 12.4 Å². The van der Waals surface area contributed by atoms with Gasteiger partial charge < -0.3 is 10.6 Å². The van der Waals surface area contributed by atoms with Crippen molar-refractivity contribution in [2.75, 3.05) is 38.5 Å². The Bertz CT molecular complexity index is 729. The van der Waals surface area contributed by atoms with E-state index in [4.69, 9.17) is 5.73 Å². The first-order valence-electron chi connectivity index (χ1n) is 9.48. The zero-order valence-electron chi connectivity index (χ0n) is 15.8. The van der Waals surface area contributed by atoms with Gasteiger partial charge in [0.05, 0.1) is 11.7 Å². The number of piperidine rings is 1. The Balaban J connectivity index is 0.00000261. The summed E-state index contributed by atoms with van der Waals surface area (Å²) in [6.07, 6.45) is 1.50. The quantitative estimate of drug-likeness (QED) is 0.792. The van der Waals surface area contributed by atoms with Crippen LogP contribution in [-0.2, 0) is 14.8 Å². The largest absolute Gasteiger partial charge is 0.341 e. The molecule has 0 spiro atoms. The van der Waals surface area contributed by atoms with E-state index in [0.29, 0.717) is 32.7 Å². The number of nitrogens with two attached hydrogens (primary N) is 1. The summed E-state index contributed by atoms with van der Waals surface area (Å²) >= 11 is 0. The topological polar surface area (TPSA) is 83.7 Å². The van der Waals surface area contributed by atoms with Gasteiger partial charge in [-0.3, -0.25) is 4.79 Å². The van der Waals surface area contributed by atoms with Crippen LogP contribution in [0.25, 0.3) is 0 Å². The third-order valence-corrected chi connectivity index (χ3v) is 7.62. The Hall–Kier alpha value is -1.15. The molecule has 2 fully saturated rings. The minimum atomic E-state index is -3.24. The van der Waals surface area contributed by atoms with Gasteiger partial charge >= 0.3 is 0 Å². The molecule has 3 rings (SSSR count). The second-order valence-corrected chi connectivity index (χ2v) is 9.61. The molecule has 2 N–H and O–H groups in total. The van der Waals surface area contributed by atoms with Crippen molar-refractivity contribution in [1.29, 1.82) is 0 Å². The predicted octanol–water partition coefficient (Wildman–Crippen LogP) is 1.67. The second-order valence-electron chi connectivity index (χ2n) is 7.35. The first kappa shape index (κ1) is 22.1. The number of hydrogen-bond donors (Lipinski definition) is 1. The summed E-state index contributed by atoms with van der Waals surface area (Å²) < 4.78 is 25.8. The Morgan fingerprint density at radius 3 is 2.52 bits per heavy atom. The zero-order valence-corrected chi connectivity index (χ0v) is 17.4. The number of benzene rings is 1. The van der Waals surface area contributed by atoms with Gasteiger partial charge in [-0.2, -0.15) is 0 Å². The summed E-state index contributed by atoms with van der Waals surface area (Å²) in [5.41, 5.74) is 7.19. The van der Waals surface area contributed by atoms with E-state index in [1.54, 1.807) is 6.92 Å². The number of halogens is 1. The third-order valence-electron chi connectivity index (χ3n) is 5.77. The molecule has 1 aromatic rings. The third kappa shape index (κ3) is 4.83. The van der Waals surface area contributed by atoms with Gasteiger partial charge in [0, 0.05) is 32.1 Å². The van der Waals surface area contributed by atoms with E-state index < -0.39 is 10.0 Å². The van der Waals surface area contributed by atoms with Crippen molar-refractivity contribution < 1.29 is 13.2 Å². The van der Waals surface area contributed by atoms with Crippen LogP contribution in [0, 0.1) is 11.8 Å². The molecule has 1 amide bonds. The number of hydrogen-bond acceptors (Lipinski definition) is 4. The van der Waals surface area contributed by atoms with Crippen LogP contribution in [-0.4, -0.2) is 62.0 Å². The molecule has 0 aromatic heterocycles. The van der Waals surface area contributed by atoms with Crippen molar-refractivity contribution in [3.63, 3.8) is 0 Å². The van der Waals surface area contributed by atoms with E-state index in [-0.39, 0.29) is 41.8 Å². The van der Waals surface area contributed by atoms with E-state index in [1.165, 1.54) is 9.87 Å². The monoisotopic (exact) mass is 415 g/mol. The SMILES string of the molecule is CCS(=O)(=O)N1CCCC(C(=O)N2C[C@@H](CN)[C@H](c3ccccc3)C2)C1.Cl. The molecule has 0 radical (unpaired) electrons. The molecule has 2 aliphatic rings. The highest BCUT2D eigenvalue weighted by atomic mass is 35.5. The molecule has 1 aromatic carbocycles. The highest BCUT2D eigenvalue weighted by molar-refractivity contribution is 7.89. The average molecular weight is 416 g/mol. The lowest BCUT2D eigenvalue weighted by Gasteiger charge is -2.33. The van der Waals surface area contributed by atoms with Crippen LogP contribution in [0.2, 0.25) is 0 Å². The standard InChI is InChI=1S/C19H29N3O3S.ClH/c1-2-26(24,25)22-10-6-9-16(13-22)19(23)21-12-17(11-20)18(14-21)15-7-4-3-5-8-15;/h3-5,7-8,16-18H,2,6,9-14,20H2,1H3;1H/t16?,17-,18+;/m1./s1. The van der Waals surface area contributed by atoms with Crippen molar-refractivity contribution >= 4 is 28.3 Å². The molecular weight excluding hydrogens is 386 g/mol. The molecule has 0 aliphatic carbocycles. The number of likely N-dealkylation sites (tertiary alicyclic amines) is 1. The molecule has 152 valence electrons. The Kier molecular flexibility index (Phi) is 7.68. The second kappa shape index (κ2) is 9.37. The van der Waals surface area contributed by atoms with E-state index in [9.17, 15) is 13.2 Å². The van der Waals surface area contributed by atoms with E-state index >= 15 is 0 Å². The number of amides is 1. The fourth-order valence-electron chi connectivity index (χ4n) is 4.21. The van der Waals surface area contributed by atoms with Crippen molar-refractivity contribution in [3.05, 3.63) is 35.9 Å². The van der Waals surface area contributed by atoms with Gasteiger partial charge in [0.25, 0.3) is 0 Å². The summed E-state index contributed by atoms with van der Waals surface area (Å²) in [6.45, 7) is 4.36. The minimum absolute atomic E-state index is 0. The smallest absolute Gasteiger partial charge is 0.227 e. The van der Waals surface area contributed by atoms with Gasteiger partial charge in [-0.25, -0.2) is 12.7 Å². The molecule has 1 unspecified atom stereocenters. The normalized spacial score (nSPS) is 26.6. The predicted molar refractivity (Wildman–Crippen MR) is 109 cm³/mol. The van der Waals surface area contributed by atoms with Crippen LogP contribution in [0.5, 0.6) is 0 Å². The van der Waals surface area contributed by atoms with Crippen molar-refractivity contribution in [2.45, 2.75) is 25.7 Å². The van der Waals surface area contributed by atoms with E-state index in [2.05, 4.69) is 12.1 Å². The molecule has 6 nitrogen and oxygen atoms in total. The summed E-state index contributed by atoms with van der Waals surface area (Å²) in [5.74, 6) is 0.434. The van der Waals surface area contributed by atoms with Gasteiger partial charge in [0.15, 0.2) is 0 Å². The zero-order chi connectivity index (χ0) is 18.7. The summed E-state index contributed by atoms with van der Waals surface area (Å²) in [5, 5.41) is 0. The molecule has 2 aliphatic heterocycles. The Morgan fingerprint density at radius 1 is 1.19 bits per heavy atom. The van der Waals surface area contributed by atoms with Gasteiger partial charge in [-0.05, 0) is 37.8 Å². The summed E-state index contributed by atoms with van der Waals surface area (Å²) in [4.78, 5) is 15.0. The fourth-order valence-corrected chi connectivity index (χ4v) is 5.38. The lowest BCUT2D eigenvalue weighted by atomic mass is 9.89. The van der Waals surface area contributed by atoms with Gasteiger partial charge in [-0.1, -0.05) is 30.3 Å². The maximum atomic E-state index is 13.1. The lowest BCUT2D eigenvalue weighted by Crippen LogP contribution is -2.46. The maximum Gasteiger partial charge on any atom is 0.227 e. The molecular formula is C19H30ClN3O3S. The van der Waals surface area contributed by atoms with Crippen molar-refractivity contribution in [2.24, 2.45) is 17.6 Å². The molecule has 8 heteroatoms. The van der Waals surface area contributed by atoms with Crippen molar-refractivity contribution in [3.8, 4) is 0 Å². The van der Waals surface area contributed by atoms with Crippen LogP contribution in [0.15, 0.2) is 30.3 Å². The molecule has 27 heavy (non-hydrogen) atoms. The summed E-state index contributed by atoms with van der Waals surface area (Å²) in [7, 11) is -3.24. The fraction of sp³-hybridized carbons (Fsp3) is 0.632. The summed E-state index contributed by atoms with van der Waals surface area (Å²) in [6, 6.07) is 10.2. The number of rotatable bonds is 5. The Morgan fingerprint density at radius 2 is 1.89 bits per heavy atom. The highest BCUT2D eigenvalue weighted by Crippen LogP contribution is 2.33. The van der Waals surface area contributed by atoms with Crippen LogP contribution < -0.4 is 5.73 Å². The Labute approximate surface area is 168 Å². The highest BCUT2D eigenvalue weighted by Gasteiger charge is 2.39. The average Bonchev–Trinajstić information content (AvgIpc) is 3.12. The van der Waals surface area contributed by atoms with Gasteiger partial charge in [0.2, 0.25) is 15.9 Å². The number of carbonyl (C=O) groups excluding carboxylic acids is 1. The molecule has 3 atom stereocenters. The van der Waals surface area contributed by atoms with Crippen LogP contribution in [0.4, 0.5) is 0 Å². The molecule has 0 saturated carbocycles. The molecule has 2 heterocycles. The van der Waals surface area contributed by atoms with Crippen LogP contribution in [0.1, 0.15) is 31.2 Å². The number of carbonyl (C=O) groups is 1. The molecule has 0 bridgehead atoms. The van der Waals surface area contributed by atoms with E-state index in [0.717, 1.165) is 12.8 Å². The number of nitrogens with zero attached hydrogens (tertiary/aromatic N) is 2. The lowest BCUT2D eigenvalue weighted by molar-refractivity contribution is -0.135. The first-order chi connectivity index (χ1) is 12.5. The van der Waals surface area contributed by atoms with Crippen LogP contribution >= 0.6 is 12.4 Å².